The van der Waals surface area contributed by atoms with Crippen molar-refractivity contribution in [3.8, 4) is 11.4 Å². The summed E-state index contributed by atoms with van der Waals surface area (Å²) in [5.41, 5.74) is 2.75. The average Bonchev–Trinajstić information content (AvgIpc) is 3.67. The van der Waals surface area contributed by atoms with E-state index in [-0.39, 0.29) is 30.2 Å². The summed E-state index contributed by atoms with van der Waals surface area (Å²) in [4.78, 5) is 54.2. The Morgan fingerprint density at radius 3 is 2.19 bits per heavy atom. The number of carbonyl (C=O) groups is 3. The van der Waals surface area contributed by atoms with Crippen LogP contribution in [0.1, 0.15) is 112 Å². The molecule has 3 aromatic rings. The maximum atomic E-state index is 13.9. The molecule has 2 N–H and O–H groups in total. The second-order valence-corrected chi connectivity index (χ2v) is 17.5. The van der Waals surface area contributed by atoms with Gasteiger partial charge in [-0.15, -0.1) is 11.3 Å². The summed E-state index contributed by atoms with van der Waals surface area (Å²) in [6, 6.07) is 10.8. The molecule has 9 nitrogen and oxygen atoms in total. The molecule has 2 saturated heterocycles. The number of aliphatic carboxylic acids is 1. The lowest BCUT2D eigenvalue weighted by atomic mass is 9.72. The summed E-state index contributed by atoms with van der Waals surface area (Å²) >= 11 is 1.43. The van der Waals surface area contributed by atoms with Gasteiger partial charge in [0.15, 0.2) is 5.82 Å². The Morgan fingerprint density at radius 2 is 1.58 bits per heavy atom. The molecule has 3 aliphatic rings. The zero-order valence-electron chi connectivity index (χ0n) is 31.5. The van der Waals surface area contributed by atoms with Crippen LogP contribution in [-0.4, -0.2) is 70.0 Å². The predicted molar refractivity (Wildman–Crippen MR) is 208 cm³/mol. The van der Waals surface area contributed by atoms with Crippen LogP contribution in [0.15, 0.2) is 48.8 Å². The first kappa shape index (κ1) is 38.0. The molecule has 2 aromatic heterocycles. The standard InChI is InChI=1S/C42H57N5O4S/c1-5-7-28-9-13-30(14-10-28)31-19-22-46(23-20-31)34-25-43-38(44-26-34)32-15-11-29(12-16-32)24-35(40(49)47-21-6-8-33(27-47)41(50)51)45-39(48)36-17-18-37(52-36)42(2,3)4/h11-12,15-18,25-26,28,30-31,33,35H,5-10,13-14,19-24,27H2,1-4H3,(H,45,48)(H,50,51)/t28?,30?,33-,35-/m0/s1. The summed E-state index contributed by atoms with van der Waals surface area (Å²) in [6.45, 7) is 11.4. The van der Waals surface area contributed by atoms with Crippen molar-refractivity contribution in [2.24, 2.45) is 23.7 Å². The van der Waals surface area contributed by atoms with Gasteiger partial charge in [0.05, 0.1) is 28.9 Å². The Bertz CT molecular complexity index is 1650. The number of aromatic nitrogens is 2. The predicted octanol–water partition coefficient (Wildman–Crippen LogP) is 7.99. The molecule has 1 aliphatic carbocycles. The minimum Gasteiger partial charge on any atom is -0.481 e. The van der Waals surface area contributed by atoms with E-state index in [4.69, 9.17) is 9.97 Å². The Hall–Kier alpha value is -3.79. The molecule has 3 fully saturated rings. The molecule has 0 radical (unpaired) electrons. The lowest BCUT2D eigenvalue weighted by Crippen LogP contribution is -2.52. The summed E-state index contributed by atoms with van der Waals surface area (Å²) in [7, 11) is 0. The number of amides is 2. The number of carboxylic acid groups (broad SMARTS) is 1. The van der Waals surface area contributed by atoms with Crippen LogP contribution < -0.4 is 10.2 Å². The van der Waals surface area contributed by atoms with E-state index in [1.54, 1.807) is 4.90 Å². The quantitative estimate of drug-likeness (QED) is 0.206. The second-order valence-electron chi connectivity index (χ2n) is 16.5. The lowest BCUT2D eigenvalue weighted by molar-refractivity contribution is -0.146. The Kier molecular flexibility index (Phi) is 12.3. The lowest BCUT2D eigenvalue weighted by Gasteiger charge is -2.39. The van der Waals surface area contributed by atoms with Crippen LogP contribution in [0.4, 0.5) is 5.69 Å². The van der Waals surface area contributed by atoms with E-state index < -0.39 is 17.9 Å². The zero-order valence-corrected chi connectivity index (χ0v) is 32.3. The van der Waals surface area contributed by atoms with Crippen molar-refractivity contribution in [2.45, 2.75) is 110 Å². The minimum atomic E-state index is -0.892. The largest absolute Gasteiger partial charge is 0.481 e. The highest BCUT2D eigenvalue weighted by Gasteiger charge is 2.34. The van der Waals surface area contributed by atoms with E-state index in [0.717, 1.165) is 52.5 Å². The fourth-order valence-corrected chi connectivity index (χ4v) is 9.50. The maximum Gasteiger partial charge on any atom is 0.308 e. The highest BCUT2D eigenvalue weighted by molar-refractivity contribution is 7.14. The number of anilines is 1. The molecule has 2 aliphatic heterocycles. The van der Waals surface area contributed by atoms with E-state index in [2.05, 4.69) is 37.9 Å². The van der Waals surface area contributed by atoms with Crippen molar-refractivity contribution in [2.75, 3.05) is 31.1 Å². The Morgan fingerprint density at radius 1 is 0.904 bits per heavy atom. The highest BCUT2D eigenvalue weighted by Crippen LogP contribution is 2.40. The third-order valence-corrected chi connectivity index (χ3v) is 13.2. The van der Waals surface area contributed by atoms with Crippen molar-refractivity contribution in [3.63, 3.8) is 0 Å². The van der Waals surface area contributed by atoms with Crippen LogP contribution in [-0.2, 0) is 21.4 Å². The average molecular weight is 728 g/mol. The van der Waals surface area contributed by atoms with Gasteiger partial charge in [0.1, 0.15) is 6.04 Å². The third-order valence-electron chi connectivity index (χ3n) is 11.7. The number of carboxylic acids is 1. The molecule has 4 heterocycles. The number of nitrogens with zero attached hydrogens (tertiary/aromatic N) is 4. The monoisotopic (exact) mass is 727 g/mol. The molecule has 280 valence electrons. The van der Waals surface area contributed by atoms with Gasteiger partial charge in [-0.1, -0.05) is 77.6 Å². The zero-order chi connectivity index (χ0) is 36.8. The number of hydrogen-bond donors (Lipinski definition) is 2. The van der Waals surface area contributed by atoms with Crippen molar-refractivity contribution < 1.29 is 19.5 Å². The van der Waals surface area contributed by atoms with Crippen LogP contribution in [0.2, 0.25) is 0 Å². The number of rotatable bonds is 11. The van der Waals surface area contributed by atoms with Gasteiger partial charge >= 0.3 is 5.97 Å². The summed E-state index contributed by atoms with van der Waals surface area (Å²) < 4.78 is 0. The number of benzene rings is 1. The fourth-order valence-electron chi connectivity index (χ4n) is 8.54. The molecule has 2 amide bonds. The van der Waals surface area contributed by atoms with Gasteiger partial charge in [-0.25, -0.2) is 9.97 Å². The molecule has 0 spiro atoms. The number of nitrogens with one attached hydrogen (secondary N) is 1. The van der Waals surface area contributed by atoms with Gasteiger partial charge < -0.3 is 20.2 Å². The summed E-state index contributed by atoms with van der Waals surface area (Å²) in [5, 5.41) is 12.6. The SMILES string of the molecule is CCCC1CCC(C2CCN(c3cnc(-c4ccc(C[C@H](NC(=O)c5ccc(C(C)(C)C)s5)C(=O)N5CCC[C@H](C(=O)O)C5)cc4)nc3)CC2)CC1. The van der Waals surface area contributed by atoms with E-state index in [1.165, 1.54) is 62.7 Å². The first-order valence-electron chi connectivity index (χ1n) is 19.6. The van der Waals surface area contributed by atoms with E-state index >= 15 is 0 Å². The van der Waals surface area contributed by atoms with E-state index in [1.807, 2.05) is 48.8 Å². The fraction of sp³-hybridized carbons (Fsp3) is 0.595. The number of carbonyl (C=O) groups excluding carboxylic acids is 2. The summed E-state index contributed by atoms with van der Waals surface area (Å²) in [6.07, 6.45) is 16.2. The van der Waals surface area contributed by atoms with Crippen molar-refractivity contribution in [1.29, 1.82) is 0 Å². The molecule has 1 aromatic carbocycles. The molecular formula is C42H57N5O4S. The van der Waals surface area contributed by atoms with Gasteiger partial charge in [-0.05, 0) is 79.4 Å². The molecule has 0 bridgehead atoms. The maximum absolute atomic E-state index is 13.9. The number of piperidine rings is 2. The Balaban J connectivity index is 1.08. The Labute approximate surface area is 313 Å². The molecule has 52 heavy (non-hydrogen) atoms. The number of hydrogen-bond acceptors (Lipinski definition) is 7. The van der Waals surface area contributed by atoms with Gasteiger partial charge in [0.25, 0.3) is 5.91 Å². The van der Waals surface area contributed by atoms with E-state index in [0.29, 0.717) is 30.1 Å². The number of thiophene rings is 1. The van der Waals surface area contributed by atoms with E-state index in [9.17, 15) is 19.5 Å². The van der Waals surface area contributed by atoms with Crippen molar-refractivity contribution in [1.82, 2.24) is 20.2 Å². The number of likely N-dealkylation sites (tertiary alicyclic amines) is 1. The van der Waals surface area contributed by atoms with Crippen molar-refractivity contribution in [3.05, 3.63) is 64.1 Å². The van der Waals surface area contributed by atoms with Gasteiger partial charge in [0.2, 0.25) is 5.91 Å². The minimum absolute atomic E-state index is 0.0896. The molecule has 10 heteroatoms. The third kappa shape index (κ3) is 9.41. The second kappa shape index (κ2) is 16.9. The van der Waals surface area contributed by atoms with Gasteiger partial charge in [-0.3, -0.25) is 14.4 Å². The van der Waals surface area contributed by atoms with Crippen LogP contribution in [0.3, 0.4) is 0 Å². The van der Waals surface area contributed by atoms with Gasteiger partial charge in [-0.2, -0.15) is 0 Å². The smallest absolute Gasteiger partial charge is 0.308 e. The molecule has 0 unspecified atom stereocenters. The van der Waals surface area contributed by atoms with Crippen LogP contribution in [0.5, 0.6) is 0 Å². The molecule has 6 rings (SSSR count). The van der Waals surface area contributed by atoms with Crippen molar-refractivity contribution >= 4 is 34.8 Å². The first-order chi connectivity index (χ1) is 25.0. The molecule has 1 saturated carbocycles. The van der Waals surface area contributed by atoms with Crippen LogP contribution >= 0.6 is 11.3 Å². The van der Waals surface area contributed by atoms with Crippen LogP contribution in [0.25, 0.3) is 11.4 Å². The first-order valence-corrected chi connectivity index (χ1v) is 20.4. The molecule has 2 atom stereocenters. The molecular weight excluding hydrogens is 671 g/mol. The normalized spacial score (nSPS) is 22.2. The summed E-state index contributed by atoms with van der Waals surface area (Å²) in [5.74, 6) is 1.32. The topological polar surface area (TPSA) is 116 Å². The highest BCUT2D eigenvalue weighted by atomic mass is 32.1. The van der Waals surface area contributed by atoms with Gasteiger partial charge in [0, 0.05) is 43.0 Å². The van der Waals surface area contributed by atoms with Crippen LogP contribution in [0, 0.1) is 23.7 Å².